The van der Waals surface area contributed by atoms with Crippen molar-refractivity contribution in [1.82, 2.24) is 9.55 Å². The van der Waals surface area contributed by atoms with Crippen LogP contribution in [-0.2, 0) is 0 Å². The van der Waals surface area contributed by atoms with Gasteiger partial charge < -0.3 is 9.67 Å². The van der Waals surface area contributed by atoms with Crippen LogP contribution in [0, 0.1) is 5.92 Å². The van der Waals surface area contributed by atoms with E-state index >= 15 is 0 Å². The van der Waals surface area contributed by atoms with Crippen LogP contribution in [0.15, 0.2) is 36.8 Å². The van der Waals surface area contributed by atoms with Crippen molar-refractivity contribution in [1.29, 1.82) is 0 Å². The quantitative estimate of drug-likeness (QED) is 0.906. The summed E-state index contributed by atoms with van der Waals surface area (Å²) in [5.74, 6) is 0.426. The van der Waals surface area contributed by atoms with E-state index in [1.165, 1.54) is 30.4 Å². The molecule has 2 aromatic rings. The van der Waals surface area contributed by atoms with Gasteiger partial charge in [0, 0.05) is 5.56 Å². The summed E-state index contributed by atoms with van der Waals surface area (Å²) in [5.41, 5.74) is 3.62. The Labute approximate surface area is 119 Å². The van der Waals surface area contributed by atoms with E-state index in [0.29, 0.717) is 5.92 Å². The van der Waals surface area contributed by atoms with E-state index in [1.54, 1.807) is 0 Å². The Balaban J connectivity index is 1.74. The minimum atomic E-state index is -0.299. The van der Waals surface area contributed by atoms with E-state index in [1.807, 2.05) is 12.5 Å². The fraction of sp³-hybridized carbons (Fsp3) is 0.471. The summed E-state index contributed by atoms with van der Waals surface area (Å²) >= 11 is 0. The largest absolute Gasteiger partial charge is 0.390 e. The molecule has 1 N–H and O–H groups in total. The third-order valence-corrected chi connectivity index (χ3v) is 4.98. The highest BCUT2D eigenvalue weighted by Gasteiger charge is 2.37. The molecule has 1 saturated carbocycles. The number of imidazole rings is 1. The molecule has 0 amide bonds. The zero-order valence-corrected chi connectivity index (χ0v) is 11.6. The zero-order chi connectivity index (χ0) is 13.5. The molecule has 1 aliphatic heterocycles. The Bertz CT molecular complexity index is 613. The van der Waals surface area contributed by atoms with Crippen LogP contribution in [0.1, 0.15) is 43.7 Å². The fourth-order valence-electron chi connectivity index (χ4n) is 3.95. The molecule has 3 nitrogen and oxygen atoms in total. The Morgan fingerprint density at radius 2 is 1.95 bits per heavy atom. The number of benzene rings is 1. The smallest absolute Gasteiger partial charge is 0.0957 e. The van der Waals surface area contributed by atoms with Crippen molar-refractivity contribution in [3.63, 3.8) is 0 Å². The number of aromatic nitrogens is 2. The van der Waals surface area contributed by atoms with Gasteiger partial charge in [0.05, 0.1) is 30.4 Å². The maximum absolute atomic E-state index is 10.9. The van der Waals surface area contributed by atoms with E-state index in [9.17, 15) is 5.11 Å². The number of hydrogen-bond acceptors (Lipinski definition) is 2. The molecule has 0 radical (unpaired) electrons. The second-order valence-corrected chi connectivity index (χ2v) is 6.11. The molecule has 1 unspecified atom stereocenters. The molecule has 0 saturated heterocycles. The lowest BCUT2D eigenvalue weighted by atomic mass is 9.81. The van der Waals surface area contributed by atoms with E-state index < -0.39 is 0 Å². The van der Waals surface area contributed by atoms with Crippen molar-refractivity contribution in [2.45, 2.75) is 44.2 Å². The number of aliphatic hydroxyl groups excluding tert-OH is 1. The molecule has 0 bridgehead atoms. The first-order valence-electron chi connectivity index (χ1n) is 7.65. The average Bonchev–Trinajstić information content (AvgIpc) is 3.08. The number of hydrogen-bond donors (Lipinski definition) is 1. The van der Waals surface area contributed by atoms with E-state index in [-0.39, 0.29) is 12.1 Å². The SMILES string of the molecule is OC(C1CCCCC1)[C@@H]1c2ccccc2-c2cncn21. The van der Waals surface area contributed by atoms with E-state index in [2.05, 4.69) is 33.8 Å². The first-order valence-corrected chi connectivity index (χ1v) is 7.65. The Morgan fingerprint density at radius 1 is 1.15 bits per heavy atom. The van der Waals surface area contributed by atoms with Gasteiger partial charge >= 0.3 is 0 Å². The van der Waals surface area contributed by atoms with Crippen molar-refractivity contribution in [3.05, 3.63) is 42.4 Å². The highest BCUT2D eigenvalue weighted by atomic mass is 16.3. The third kappa shape index (κ3) is 1.73. The maximum atomic E-state index is 10.9. The van der Waals surface area contributed by atoms with Crippen molar-refractivity contribution in [3.8, 4) is 11.3 Å². The molecule has 3 heteroatoms. The van der Waals surface area contributed by atoms with Gasteiger partial charge in [-0.2, -0.15) is 0 Å². The summed E-state index contributed by atoms with van der Waals surface area (Å²) in [6, 6.07) is 8.46. The van der Waals surface area contributed by atoms with Gasteiger partial charge in [0.1, 0.15) is 0 Å². The van der Waals surface area contributed by atoms with Crippen LogP contribution in [0.25, 0.3) is 11.3 Å². The lowest BCUT2D eigenvalue weighted by Crippen LogP contribution is -2.31. The molecular weight excluding hydrogens is 248 g/mol. The van der Waals surface area contributed by atoms with Gasteiger partial charge in [-0.15, -0.1) is 0 Å². The molecule has 1 aromatic carbocycles. The van der Waals surface area contributed by atoms with Crippen LogP contribution in [-0.4, -0.2) is 20.8 Å². The minimum absolute atomic E-state index is 0.0480. The van der Waals surface area contributed by atoms with Crippen molar-refractivity contribution >= 4 is 0 Å². The number of fused-ring (bicyclic) bond motifs is 3. The summed E-state index contributed by atoms with van der Waals surface area (Å²) in [6.07, 6.45) is 9.62. The van der Waals surface area contributed by atoms with Crippen LogP contribution in [0.2, 0.25) is 0 Å². The highest BCUT2D eigenvalue weighted by molar-refractivity contribution is 5.69. The summed E-state index contributed by atoms with van der Waals surface area (Å²) in [7, 11) is 0. The normalized spacial score (nSPS) is 23.4. The summed E-state index contributed by atoms with van der Waals surface area (Å²) in [5, 5.41) is 10.9. The van der Waals surface area contributed by atoms with Gasteiger partial charge in [0.15, 0.2) is 0 Å². The zero-order valence-electron chi connectivity index (χ0n) is 11.6. The summed E-state index contributed by atoms with van der Waals surface area (Å²) in [6.45, 7) is 0. The highest BCUT2D eigenvalue weighted by Crippen LogP contribution is 2.44. The Morgan fingerprint density at radius 3 is 2.80 bits per heavy atom. The van der Waals surface area contributed by atoms with Crippen molar-refractivity contribution < 1.29 is 5.11 Å². The van der Waals surface area contributed by atoms with Gasteiger partial charge in [0.25, 0.3) is 0 Å². The Hall–Kier alpha value is -1.61. The summed E-state index contributed by atoms with van der Waals surface area (Å²) in [4.78, 5) is 4.27. The molecule has 1 aliphatic carbocycles. The number of rotatable bonds is 2. The molecule has 2 aliphatic rings. The Kier molecular flexibility index (Phi) is 2.88. The third-order valence-electron chi connectivity index (χ3n) is 4.98. The fourth-order valence-corrected chi connectivity index (χ4v) is 3.95. The second kappa shape index (κ2) is 4.74. The summed E-state index contributed by atoms with van der Waals surface area (Å²) < 4.78 is 2.16. The van der Waals surface area contributed by atoms with Crippen molar-refractivity contribution in [2.75, 3.05) is 0 Å². The molecule has 1 fully saturated rings. The standard InChI is InChI=1S/C17H20N2O/c20-17(12-6-2-1-3-7-12)16-14-9-5-4-8-13(14)15-10-18-11-19(15)16/h4-5,8-12,16-17,20H,1-3,6-7H2/t16-,17?/m0/s1. The number of aliphatic hydroxyl groups is 1. The first-order chi connectivity index (χ1) is 9.86. The topological polar surface area (TPSA) is 38.1 Å². The van der Waals surface area contributed by atoms with Crippen LogP contribution >= 0.6 is 0 Å². The van der Waals surface area contributed by atoms with Gasteiger partial charge in [0.2, 0.25) is 0 Å². The van der Waals surface area contributed by atoms with E-state index in [0.717, 1.165) is 18.5 Å². The van der Waals surface area contributed by atoms with Crippen molar-refractivity contribution in [2.24, 2.45) is 5.92 Å². The van der Waals surface area contributed by atoms with Crippen LogP contribution in [0.4, 0.5) is 0 Å². The van der Waals surface area contributed by atoms with Crippen LogP contribution in [0.5, 0.6) is 0 Å². The van der Waals surface area contributed by atoms with Crippen LogP contribution in [0.3, 0.4) is 0 Å². The average molecular weight is 268 g/mol. The molecule has 4 rings (SSSR count). The molecule has 0 spiro atoms. The first kappa shape index (κ1) is 12.2. The molecule has 2 heterocycles. The predicted octanol–water partition coefficient (Wildman–Crippen LogP) is 3.39. The predicted molar refractivity (Wildman–Crippen MR) is 78.4 cm³/mol. The molecule has 2 atom stereocenters. The number of nitrogens with zero attached hydrogens (tertiary/aromatic N) is 2. The maximum Gasteiger partial charge on any atom is 0.0957 e. The lowest BCUT2D eigenvalue weighted by Gasteiger charge is -2.31. The molecule has 20 heavy (non-hydrogen) atoms. The molecular formula is C17H20N2O. The van der Waals surface area contributed by atoms with Gasteiger partial charge in [-0.25, -0.2) is 4.98 Å². The monoisotopic (exact) mass is 268 g/mol. The van der Waals surface area contributed by atoms with Crippen LogP contribution < -0.4 is 0 Å². The van der Waals surface area contributed by atoms with Gasteiger partial charge in [-0.1, -0.05) is 43.5 Å². The van der Waals surface area contributed by atoms with E-state index in [4.69, 9.17) is 0 Å². The second-order valence-electron chi connectivity index (χ2n) is 6.11. The lowest BCUT2D eigenvalue weighted by molar-refractivity contribution is 0.0536. The van der Waals surface area contributed by atoms with Gasteiger partial charge in [-0.3, -0.25) is 0 Å². The molecule has 104 valence electrons. The molecule has 1 aromatic heterocycles. The van der Waals surface area contributed by atoms with Gasteiger partial charge in [-0.05, 0) is 24.3 Å². The minimum Gasteiger partial charge on any atom is -0.390 e.